The first-order chi connectivity index (χ1) is 16.1. The maximum absolute atomic E-state index is 12.9. The zero-order valence-electron chi connectivity index (χ0n) is 18.6. The molecule has 3 heterocycles. The summed E-state index contributed by atoms with van der Waals surface area (Å²) in [5.41, 5.74) is 4.89. The lowest BCUT2D eigenvalue weighted by Crippen LogP contribution is -2.46. The molecule has 1 unspecified atom stereocenters. The second-order valence-electron chi connectivity index (χ2n) is 8.42. The standard InChI is InChI=1S/C25H27BrN4O3/c1-2-33-25(32)30-12-9-19-20-15-18(26)7-8-21(20)28-22(19)23(30)16-3-5-17(6-4-16)24(31)29-13-10-27-11-14-29/h3-8,15,23,27-28H,2,9-14H2,1H3. The molecular weight excluding hydrogens is 484 g/mol. The molecule has 172 valence electrons. The SMILES string of the molecule is CCOC(=O)N1CCc2c([nH]c3ccc(Br)cc23)C1c1ccc(C(=O)N2CCNCC2)cc1. The van der Waals surface area contributed by atoms with E-state index in [4.69, 9.17) is 4.74 Å². The van der Waals surface area contributed by atoms with E-state index in [2.05, 4.69) is 38.4 Å². The average Bonchev–Trinajstić information content (AvgIpc) is 3.21. The summed E-state index contributed by atoms with van der Waals surface area (Å²) in [6.07, 6.45) is 0.426. The lowest BCUT2D eigenvalue weighted by molar-refractivity contribution is 0.0735. The number of hydrogen-bond donors (Lipinski definition) is 2. The lowest BCUT2D eigenvalue weighted by Gasteiger charge is -2.35. The number of nitrogens with one attached hydrogen (secondary N) is 2. The summed E-state index contributed by atoms with van der Waals surface area (Å²) in [6, 6.07) is 13.6. The maximum Gasteiger partial charge on any atom is 0.410 e. The highest BCUT2D eigenvalue weighted by Crippen LogP contribution is 2.39. The van der Waals surface area contributed by atoms with Crippen LogP contribution in [0.1, 0.15) is 40.1 Å². The van der Waals surface area contributed by atoms with Gasteiger partial charge in [-0.2, -0.15) is 0 Å². The summed E-state index contributed by atoms with van der Waals surface area (Å²) >= 11 is 3.58. The Morgan fingerprint density at radius 2 is 1.85 bits per heavy atom. The van der Waals surface area contributed by atoms with Crippen LogP contribution in [0.2, 0.25) is 0 Å². The molecular formula is C25H27BrN4O3. The number of aromatic nitrogens is 1. The number of carbonyl (C=O) groups is 2. The van der Waals surface area contributed by atoms with Crippen molar-refractivity contribution in [1.29, 1.82) is 0 Å². The van der Waals surface area contributed by atoms with Crippen LogP contribution in [0.15, 0.2) is 46.9 Å². The zero-order valence-corrected chi connectivity index (χ0v) is 20.2. The number of benzene rings is 2. The van der Waals surface area contributed by atoms with Crippen LogP contribution in [-0.2, 0) is 11.2 Å². The fourth-order valence-electron chi connectivity index (χ4n) is 4.87. The molecule has 2 aliphatic rings. The third kappa shape index (κ3) is 4.13. The number of ether oxygens (including phenoxy) is 1. The van der Waals surface area contributed by atoms with Crippen LogP contribution in [0.5, 0.6) is 0 Å². The van der Waals surface area contributed by atoms with E-state index in [0.717, 1.165) is 40.8 Å². The predicted molar refractivity (Wildman–Crippen MR) is 130 cm³/mol. The van der Waals surface area contributed by atoms with Gasteiger partial charge in [-0.3, -0.25) is 9.69 Å². The van der Waals surface area contributed by atoms with Gasteiger partial charge in [-0.1, -0.05) is 28.1 Å². The van der Waals surface area contributed by atoms with Gasteiger partial charge >= 0.3 is 6.09 Å². The molecule has 5 rings (SSSR count). The fourth-order valence-corrected chi connectivity index (χ4v) is 5.23. The number of aromatic amines is 1. The number of halogens is 1. The summed E-state index contributed by atoms with van der Waals surface area (Å²) in [6.45, 7) is 5.78. The molecule has 0 saturated carbocycles. The van der Waals surface area contributed by atoms with Crippen molar-refractivity contribution in [2.75, 3.05) is 39.3 Å². The monoisotopic (exact) mass is 510 g/mol. The molecule has 2 aromatic carbocycles. The summed E-state index contributed by atoms with van der Waals surface area (Å²) in [7, 11) is 0. The Labute approximate surface area is 201 Å². The van der Waals surface area contributed by atoms with Crippen LogP contribution in [0.3, 0.4) is 0 Å². The average molecular weight is 511 g/mol. The molecule has 0 spiro atoms. The van der Waals surface area contributed by atoms with Gasteiger partial charge in [-0.25, -0.2) is 4.79 Å². The molecule has 1 aromatic heterocycles. The highest BCUT2D eigenvalue weighted by molar-refractivity contribution is 9.10. The Kier molecular flexibility index (Phi) is 6.12. The summed E-state index contributed by atoms with van der Waals surface area (Å²) in [4.78, 5) is 33.0. The number of H-pyrrole nitrogens is 1. The van der Waals surface area contributed by atoms with Crippen molar-refractivity contribution >= 4 is 38.8 Å². The molecule has 8 heteroatoms. The Morgan fingerprint density at radius 1 is 1.09 bits per heavy atom. The van der Waals surface area contributed by atoms with Crippen LogP contribution < -0.4 is 5.32 Å². The highest BCUT2D eigenvalue weighted by atomic mass is 79.9. The topological polar surface area (TPSA) is 77.7 Å². The van der Waals surface area contributed by atoms with Gasteiger partial charge in [0, 0.05) is 59.4 Å². The third-order valence-corrected chi connectivity index (χ3v) is 6.96. The number of rotatable bonds is 3. The van der Waals surface area contributed by atoms with Crippen LogP contribution in [-0.4, -0.2) is 66.1 Å². The Balaban J connectivity index is 1.52. The highest BCUT2D eigenvalue weighted by Gasteiger charge is 2.35. The second-order valence-corrected chi connectivity index (χ2v) is 9.33. The molecule has 1 atom stereocenters. The normalized spacial score (nSPS) is 18.3. The van der Waals surface area contributed by atoms with Crippen LogP contribution in [0.25, 0.3) is 10.9 Å². The minimum absolute atomic E-state index is 0.0464. The number of amides is 2. The molecule has 0 radical (unpaired) electrons. The minimum atomic E-state index is -0.325. The van der Waals surface area contributed by atoms with Crippen molar-refractivity contribution < 1.29 is 14.3 Å². The first-order valence-electron chi connectivity index (χ1n) is 11.4. The first-order valence-corrected chi connectivity index (χ1v) is 12.2. The van der Waals surface area contributed by atoms with E-state index >= 15 is 0 Å². The van der Waals surface area contributed by atoms with Crippen LogP contribution in [0, 0.1) is 0 Å². The molecule has 2 amide bonds. The Hall–Kier alpha value is -2.84. The first kappa shape index (κ1) is 22.0. The number of piperazine rings is 1. The van der Waals surface area contributed by atoms with Gasteiger partial charge in [0.25, 0.3) is 5.91 Å². The van der Waals surface area contributed by atoms with Gasteiger partial charge in [0.15, 0.2) is 0 Å². The van der Waals surface area contributed by atoms with E-state index in [1.54, 1.807) is 4.90 Å². The minimum Gasteiger partial charge on any atom is -0.450 e. The third-order valence-electron chi connectivity index (χ3n) is 6.47. The molecule has 1 saturated heterocycles. The van der Waals surface area contributed by atoms with Gasteiger partial charge in [0.2, 0.25) is 0 Å². The van der Waals surface area contributed by atoms with Crippen molar-refractivity contribution in [2.24, 2.45) is 0 Å². The lowest BCUT2D eigenvalue weighted by atomic mass is 9.92. The predicted octanol–water partition coefficient (Wildman–Crippen LogP) is 4.08. The van der Waals surface area contributed by atoms with Crippen molar-refractivity contribution in [1.82, 2.24) is 20.1 Å². The fraction of sp³-hybridized carbons (Fsp3) is 0.360. The molecule has 0 bridgehead atoms. The van der Waals surface area contributed by atoms with Crippen molar-refractivity contribution in [2.45, 2.75) is 19.4 Å². The summed E-state index contributed by atoms with van der Waals surface area (Å²) < 4.78 is 6.41. The van der Waals surface area contributed by atoms with Crippen molar-refractivity contribution in [3.05, 3.63) is 69.3 Å². The van der Waals surface area contributed by atoms with Gasteiger partial charge in [-0.15, -0.1) is 0 Å². The van der Waals surface area contributed by atoms with Crippen molar-refractivity contribution in [3.63, 3.8) is 0 Å². The smallest absolute Gasteiger partial charge is 0.410 e. The van der Waals surface area contributed by atoms with E-state index < -0.39 is 0 Å². The number of hydrogen-bond acceptors (Lipinski definition) is 4. The van der Waals surface area contributed by atoms with Crippen LogP contribution in [0.4, 0.5) is 4.79 Å². The van der Waals surface area contributed by atoms with E-state index in [0.29, 0.717) is 31.8 Å². The quantitative estimate of drug-likeness (QED) is 0.556. The van der Waals surface area contributed by atoms with Gasteiger partial charge in [-0.05, 0) is 54.8 Å². The molecule has 1 fully saturated rings. The van der Waals surface area contributed by atoms with Gasteiger partial charge in [0.05, 0.1) is 6.61 Å². The molecule has 33 heavy (non-hydrogen) atoms. The molecule has 0 aliphatic carbocycles. The Bertz CT molecular complexity index is 1180. The van der Waals surface area contributed by atoms with Crippen molar-refractivity contribution in [3.8, 4) is 0 Å². The maximum atomic E-state index is 12.9. The van der Waals surface area contributed by atoms with E-state index in [9.17, 15) is 9.59 Å². The van der Waals surface area contributed by atoms with E-state index in [-0.39, 0.29) is 18.0 Å². The number of nitrogens with zero attached hydrogens (tertiary/aromatic N) is 2. The molecule has 2 aliphatic heterocycles. The Morgan fingerprint density at radius 3 is 2.58 bits per heavy atom. The van der Waals surface area contributed by atoms with Gasteiger partial charge in [0.1, 0.15) is 6.04 Å². The number of carbonyl (C=O) groups excluding carboxylic acids is 2. The molecule has 2 N–H and O–H groups in total. The van der Waals surface area contributed by atoms with Gasteiger partial charge < -0.3 is 19.9 Å². The molecule has 3 aromatic rings. The van der Waals surface area contributed by atoms with E-state index in [1.807, 2.05) is 42.2 Å². The zero-order chi connectivity index (χ0) is 22.9. The largest absolute Gasteiger partial charge is 0.450 e. The van der Waals surface area contributed by atoms with E-state index in [1.165, 1.54) is 10.9 Å². The summed E-state index contributed by atoms with van der Waals surface area (Å²) in [5, 5.41) is 4.44. The summed E-state index contributed by atoms with van der Waals surface area (Å²) in [5.74, 6) is 0.0464. The number of fused-ring (bicyclic) bond motifs is 3. The molecule has 7 nitrogen and oxygen atoms in total. The second kappa shape index (κ2) is 9.19. The van der Waals surface area contributed by atoms with Crippen LogP contribution >= 0.6 is 15.9 Å².